The number of amides is 2. The molecule has 0 spiro atoms. The first-order valence-corrected chi connectivity index (χ1v) is 7.84. The summed E-state index contributed by atoms with van der Waals surface area (Å²) in [6, 6.07) is 16.1. The summed E-state index contributed by atoms with van der Waals surface area (Å²) in [5.74, 6) is 0.0338. The highest BCUT2D eigenvalue weighted by atomic mass is 16.5. The van der Waals surface area contributed by atoms with E-state index >= 15 is 0 Å². The number of hydrogen-bond acceptors (Lipinski definition) is 3. The first-order chi connectivity index (χ1) is 11.4. The molecular formula is C19H22N2O3. The lowest BCUT2D eigenvalue weighted by Crippen LogP contribution is -2.49. The van der Waals surface area contributed by atoms with E-state index in [0.717, 1.165) is 5.56 Å². The van der Waals surface area contributed by atoms with E-state index < -0.39 is 5.41 Å². The number of ether oxygens (including phenoxy) is 1. The van der Waals surface area contributed by atoms with Gasteiger partial charge in [-0.2, -0.15) is 0 Å². The molecule has 0 aromatic heterocycles. The molecule has 0 fully saturated rings. The van der Waals surface area contributed by atoms with Gasteiger partial charge in [-0.1, -0.05) is 30.3 Å². The molecule has 5 heteroatoms. The zero-order chi connectivity index (χ0) is 17.6. The summed E-state index contributed by atoms with van der Waals surface area (Å²) in [7, 11) is 0. The van der Waals surface area contributed by atoms with Gasteiger partial charge in [-0.15, -0.1) is 0 Å². The van der Waals surface area contributed by atoms with Gasteiger partial charge in [-0.25, -0.2) is 0 Å². The standard InChI is InChI=1S/C19H22N2O3/c1-4-24-16-12-10-14(11-13-16)17(22)20-21-18(23)19(2,3)15-8-6-5-7-9-15/h5-13H,4H2,1-3H3,(H,20,22)(H,21,23). The lowest BCUT2D eigenvalue weighted by atomic mass is 9.84. The molecule has 0 aliphatic rings. The Morgan fingerprint density at radius 2 is 1.58 bits per heavy atom. The Balaban J connectivity index is 1.97. The lowest BCUT2D eigenvalue weighted by Gasteiger charge is -2.24. The smallest absolute Gasteiger partial charge is 0.269 e. The normalized spacial score (nSPS) is 10.8. The fraction of sp³-hybridized carbons (Fsp3) is 0.263. The molecule has 0 bridgehead atoms. The highest BCUT2D eigenvalue weighted by Crippen LogP contribution is 2.22. The van der Waals surface area contributed by atoms with E-state index in [0.29, 0.717) is 17.9 Å². The number of hydrogen-bond donors (Lipinski definition) is 2. The van der Waals surface area contributed by atoms with Crippen LogP contribution in [0.5, 0.6) is 5.75 Å². The molecule has 0 atom stereocenters. The van der Waals surface area contributed by atoms with Crippen LogP contribution in [0.2, 0.25) is 0 Å². The van der Waals surface area contributed by atoms with Crippen molar-refractivity contribution in [3.63, 3.8) is 0 Å². The summed E-state index contributed by atoms with van der Waals surface area (Å²) in [6.07, 6.45) is 0. The zero-order valence-electron chi connectivity index (χ0n) is 14.1. The van der Waals surface area contributed by atoms with Gasteiger partial charge in [-0.05, 0) is 50.6 Å². The maximum absolute atomic E-state index is 12.4. The van der Waals surface area contributed by atoms with Crippen LogP contribution in [0.3, 0.4) is 0 Å². The summed E-state index contributed by atoms with van der Waals surface area (Å²) in [4.78, 5) is 24.5. The van der Waals surface area contributed by atoms with Crippen molar-refractivity contribution in [3.05, 3.63) is 65.7 Å². The van der Waals surface area contributed by atoms with Crippen molar-refractivity contribution in [1.29, 1.82) is 0 Å². The van der Waals surface area contributed by atoms with Gasteiger partial charge < -0.3 is 4.74 Å². The molecule has 0 unspecified atom stereocenters. The summed E-state index contributed by atoms with van der Waals surface area (Å²) in [6.45, 7) is 6.07. The van der Waals surface area contributed by atoms with Gasteiger partial charge in [0, 0.05) is 5.56 Å². The number of carbonyl (C=O) groups is 2. The molecule has 0 saturated heterocycles. The van der Waals surface area contributed by atoms with Crippen LogP contribution in [0.15, 0.2) is 54.6 Å². The van der Waals surface area contributed by atoms with Crippen molar-refractivity contribution in [2.24, 2.45) is 0 Å². The van der Waals surface area contributed by atoms with Gasteiger partial charge in [0.25, 0.3) is 5.91 Å². The molecule has 24 heavy (non-hydrogen) atoms. The van der Waals surface area contributed by atoms with Crippen LogP contribution < -0.4 is 15.6 Å². The predicted octanol–water partition coefficient (Wildman–Crippen LogP) is 2.82. The van der Waals surface area contributed by atoms with Crippen LogP contribution in [0.1, 0.15) is 36.7 Å². The van der Waals surface area contributed by atoms with Crippen molar-refractivity contribution >= 4 is 11.8 Å². The fourth-order valence-electron chi connectivity index (χ4n) is 2.20. The number of hydrazine groups is 1. The molecule has 0 radical (unpaired) electrons. The SMILES string of the molecule is CCOc1ccc(C(=O)NNC(=O)C(C)(C)c2ccccc2)cc1. The van der Waals surface area contributed by atoms with Crippen LogP contribution in [0.4, 0.5) is 0 Å². The molecule has 2 aromatic carbocycles. The zero-order valence-corrected chi connectivity index (χ0v) is 14.1. The molecule has 0 aliphatic carbocycles. The molecule has 0 saturated carbocycles. The van der Waals surface area contributed by atoms with Crippen LogP contribution >= 0.6 is 0 Å². The molecule has 2 rings (SSSR count). The van der Waals surface area contributed by atoms with Gasteiger partial charge in [0.1, 0.15) is 5.75 Å². The maximum Gasteiger partial charge on any atom is 0.269 e. The second kappa shape index (κ2) is 7.64. The van der Waals surface area contributed by atoms with E-state index in [-0.39, 0.29) is 11.8 Å². The van der Waals surface area contributed by atoms with Crippen molar-refractivity contribution in [1.82, 2.24) is 10.9 Å². The van der Waals surface area contributed by atoms with E-state index in [1.54, 1.807) is 38.1 Å². The first-order valence-electron chi connectivity index (χ1n) is 7.84. The van der Waals surface area contributed by atoms with Crippen molar-refractivity contribution in [3.8, 4) is 5.75 Å². The topological polar surface area (TPSA) is 67.4 Å². The average molecular weight is 326 g/mol. The van der Waals surface area contributed by atoms with E-state index in [1.165, 1.54) is 0 Å². The Morgan fingerprint density at radius 3 is 2.17 bits per heavy atom. The van der Waals surface area contributed by atoms with Gasteiger partial charge >= 0.3 is 0 Å². The molecule has 0 heterocycles. The number of rotatable bonds is 5. The van der Waals surface area contributed by atoms with Crippen molar-refractivity contribution < 1.29 is 14.3 Å². The predicted molar refractivity (Wildman–Crippen MR) is 92.7 cm³/mol. The van der Waals surface area contributed by atoms with Crippen LogP contribution in [0.25, 0.3) is 0 Å². The Morgan fingerprint density at radius 1 is 0.958 bits per heavy atom. The summed E-state index contributed by atoms with van der Waals surface area (Å²) >= 11 is 0. The summed E-state index contributed by atoms with van der Waals surface area (Å²) in [5.41, 5.74) is 5.49. The number of benzene rings is 2. The van der Waals surface area contributed by atoms with Gasteiger partial charge in [0.2, 0.25) is 5.91 Å². The maximum atomic E-state index is 12.4. The van der Waals surface area contributed by atoms with E-state index in [4.69, 9.17) is 4.74 Å². The molecule has 2 amide bonds. The third-order valence-corrected chi connectivity index (χ3v) is 3.78. The van der Waals surface area contributed by atoms with E-state index in [1.807, 2.05) is 37.3 Å². The number of carbonyl (C=O) groups excluding carboxylic acids is 2. The van der Waals surface area contributed by atoms with Gasteiger partial charge in [0.15, 0.2) is 0 Å². The summed E-state index contributed by atoms with van der Waals surface area (Å²) in [5, 5.41) is 0. The Hall–Kier alpha value is -2.82. The van der Waals surface area contributed by atoms with E-state index in [2.05, 4.69) is 10.9 Å². The van der Waals surface area contributed by atoms with Crippen LogP contribution in [-0.4, -0.2) is 18.4 Å². The monoisotopic (exact) mass is 326 g/mol. The van der Waals surface area contributed by atoms with E-state index in [9.17, 15) is 9.59 Å². The Bertz CT molecular complexity index is 694. The minimum atomic E-state index is -0.757. The highest BCUT2D eigenvalue weighted by Gasteiger charge is 2.29. The number of nitrogens with one attached hydrogen (secondary N) is 2. The van der Waals surface area contributed by atoms with Gasteiger partial charge in [-0.3, -0.25) is 20.4 Å². The minimum Gasteiger partial charge on any atom is -0.494 e. The molecule has 2 N–H and O–H groups in total. The van der Waals surface area contributed by atoms with Crippen LogP contribution in [0, 0.1) is 0 Å². The van der Waals surface area contributed by atoms with Crippen molar-refractivity contribution in [2.45, 2.75) is 26.2 Å². The quantitative estimate of drug-likeness (QED) is 0.830. The average Bonchev–Trinajstić information content (AvgIpc) is 2.61. The summed E-state index contributed by atoms with van der Waals surface area (Å²) < 4.78 is 5.33. The molecule has 126 valence electrons. The largest absolute Gasteiger partial charge is 0.494 e. The molecular weight excluding hydrogens is 304 g/mol. The second-order valence-electron chi connectivity index (χ2n) is 5.86. The third kappa shape index (κ3) is 4.13. The first kappa shape index (κ1) is 17.5. The highest BCUT2D eigenvalue weighted by molar-refractivity contribution is 5.96. The minimum absolute atomic E-state index is 0.284. The lowest BCUT2D eigenvalue weighted by molar-refractivity contribution is -0.126. The van der Waals surface area contributed by atoms with Crippen molar-refractivity contribution in [2.75, 3.05) is 6.61 Å². The Kier molecular flexibility index (Phi) is 5.58. The molecule has 2 aromatic rings. The van der Waals surface area contributed by atoms with Crippen LogP contribution in [-0.2, 0) is 10.2 Å². The Labute approximate surface area is 142 Å². The fourth-order valence-corrected chi connectivity index (χ4v) is 2.20. The molecule has 0 aliphatic heterocycles. The second-order valence-corrected chi connectivity index (χ2v) is 5.86. The third-order valence-electron chi connectivity index (χ3n) is 3.78. The molecule has 5 nitrogen and oxygen atoms in total. The van der Waals surface area contributed by atoms with Gasteiger partial charge in [0.05, 0.1) is 12.0 Å².